The van der Waals surface area contributed by atoms with Gasteiger partial charge in [0.05, 0.1) is 11.2 Å². The van der Waals surface area contributed by atoms with Crippen LogP contribution >= 0.6 is 0 Å². The molecule has 0 spiro atoms. The number of aromatic nitrogens is 1. The Morgan fingerprint density at radius 1 is 0.362 bits per heavy atom. The zero-order valence-corrected chi connectivity index (χ0v) is 25.4. The number of nitrogens with zero attached hydrogens (tertiary/aromatic N) is 1. The number of benzene rings is 8. The Hall–Kier alpha value is -6.25. The van der Waals surface area contributed by atoms with Gasteiger partial charge in [0, 0.05) is 32.5 Å². The molecule has 0 saturated carbocycles. The molecule has 10 aromatic rings. The van der Waals surface area contributed by atoms with Crippen LogP contribution in [0.2, 0.25) is 0 Å². The van der Waals surface area contributed by atoms with Crippen molar-refractivity contribution in [3.05, 3.63) is 164 Å². The van der Waals surface area contributed by atoms with Crippen LogP contribution in [0.15, 0.2) is 168 Å². The van der Waals surface area contributed by atoms with Crippen molar-refractivity contribution in [3.8, 4) is 33.5 Å². The van der Waals surface area contributed by atoms with E-state index in [-0.39, 0.29) is 0 Å². The number of rotatable bonds is 3. The lowest BCUT2D eigenvalue weighted by Crippen LogP contribution is -1.90. The third-order valence-electron chi connectivity index (χ3n) is 9.62. The van der Waals surface area contributed by atoms with Crippen LogP contribution in [0.3, 0.4) is 0 Å². The van der Waals surface area contributed by atoms with E-state index in [2.05, 4.69) is 158 Å². The summed E-state index contributed by atoms with van der Waals surface area (Å²) >= 11 is 0. The summed E-state index contributed by atoms with van der Waals surface area (Å²) in [6, 6.07) is 58.5. The van der Waals surface area contributed by atoms with Crippen molar-refractivity contribution in [1.82, 2.24) is 4.98 Å². The molecule has 0 aliphatic heterocycles. The van der Waals surface area contributed by atoms with E-state index in [1.807, 2.05) is 6.07 Å². The maximum absolute atomic E-state index is 6.51. The van der Waals surface area contributed by atoms with Crippen LogP contribution < -0.4 is 0 Å². The van der Waals surface area contributed by atoms with Crippen molar-refractivity contribution in [2.45, 2.75) is 0 Å². The van der Waals surface area contributed by atoms with E-state index in [1.54, 1.807) is 0 Å². The van der Waals surface area contributed by atoms with Crippen molar-refractivity contribution < 1.29 is 4.42 Å². The summed E-state index contributed by atoms with van der Waals surface area (Å²) in [6.45, 7) is 0. The summed E-state index contributed by atoms with van der Waals surface area (Å²) in [5.41, 5.74) is 9.62. The molecule has 2 heterocycles. The molecule has 0 aliphatic carbocycles. The molecule has 0 bridgehead atoms. The zero-order valence-electron chi connectivity index (χ0n) is 25.4. The lowest BCUT2D eigenvalue weighted by molar-refractivity contribution is 0.669. The average molecular weight is 598 g/mol. The monoisotopic (exact) mass is 597 g/mol. The Labute approximate surface area is 271 Å². The predicted octanol–water partition coefficient (Wildman–Crippen LogP) is 12.6. The van der Waals surface area contributed by atoms with Gasteiger partial charge >= 0.3 is 0 Å². The average Bonchev–Trinajstić information content (AvgIpc) is 3.53. The minimum Gasteiger partial charge on any atom is -0.456 e. The predicted molar refractivity (Wildman–Crippen MR) is 198 cm³/mol. The van der Waals surface area contributed by atoms with Crippen LogP contribution in [0, 0.1) is 0 Å². The normalized spacial score (nSPS) is 11.8. The van der Waals surface area contributed by atoms with Gasteiger partial charge in [0.1, 0.15) is 11.2 Å². The summed E-state index contributed by atoms with van der Waals surface area (Å²) in [4.78, 5) is 5.16. The largest absolute Gasteiger partial charge is 0.456 e. The molecule has 0 saturated heterocycles. The second-order valence-electron chi connectivity index (χ2n) is 12.3. The second kappa shape index (κ2) is 10.1. The number of pyridine rings is 1. The molecule has 218 valence electrons. The fourth-order valence-electron chi connectivity index (χ4n) is 7.46. The molecular formula is C45H27NO. The summed E-state index contributed by atoms with van der Waals surface area (Å²) in [7, 11) is 0. The van der Waals surface area contributed by atoms with Gasteiger partial charge in [-0.3, -0.25) is 0 Å². The first-order valence-corrected chi connectivity index (χ1v) is 16.0. The van der Waals surface area contributed by atoms with Gasteiger partial charge in [0.2, 0.25) is 0 Å². The molecule has 0 fully saturated rings. The Morgan fingerprint density at radius 3 is 1.94 bits per heavy atom. The first kappa shape index (κ1) is 26.0. The molecule has 10 rings (SSSR count). The lowest BCUT2D eigenvalue weighted by Gasteiger charge is -2.12. The zero-order chi connectivity index (χ0) is 30.9. The number of hydrogen-bond acceptors (Lipinski definition) is 2. The van der Waals surface area contributed by atoms with Crippen molar-refractivity contribution in [3.63, 3.8) is 0 Å². The van der Waals surface area contributed by atoms with E-state index < -0.39 is 0 Å². The third kappa shape index (κ3) is 4.02. The number of para-hydroxylation sites is 1. The van der Waals surface area contributed by atoms with Crippen LogP contribution in [0.5, 0.6) is 0 Å². The van der Waals surface area contributed by atoms with Gasteiger partial charge in [-0.2, -0.15) is 0 Å². The van der Waals surface area contributed by atoms with Gasteiger partial charge in [-0.15, -0.1) is 0 Å². The van der Waals surface area contributed by atoms with E-state index in [1.165, 1.54) is 43.6 Å². The first-order valence-electron chi connectivity index (χ1n) is 16.0. The van der Waals surface area contributed by atoms with E-state index in [4.69, 9.17) is 9.40 Å². The standard InChI is InChI=1S/C45H27NO/c1-2-11-28(12-3-1)45-37-22-24-42-44(43(37)36-19-8-9-20-40(36)46-45)39-26-30(21-23-41(39)47-42)29-14-10-15-31(25-29)38-27-32-13-4-5-16-33(32)34-17-6-7-18-35(34)38/h1-27H. The Balaban J connectivity index is 1.21. The third-order valence-corrected chi connectivity index (χ3v) is 9.62. The van der Waals surface area contributed by atoms with Gasteiger partial charge in [-0.25, -0.2) is 4.98 Å². The minimum absolute atomic E-state index is 0.884. The van der Waals surface area contributed by atoms with Crippen molar-refractivity contribution >= 4 is 65.2 Å². The highest BCUT2D eigenvalue weighted by atomic mass is 16.3. The Kier molecular flexibility index (Phi) is 5.61. The van der Waals surface area contributed by atoms with E-state index >= 15 is 0 Å². The first-order chi connectivity index (χ1) is 23.3. The van der Waals surface area contributed by atoms with Crippen molar-refractivity contribution in [2.75, 3.05) is 0 Å². The fraction of sp³-hybridized carbons (Fsp3) is 0. The molecule has 2 nitrogen and oxygen atoms in total. The summed E-state index contributed by atoms with van der Waals surface area (Å²) in [6.07, 6.45) is 0. The smallest absolute Gasteiger partial charge is 0.136 e. The van der Waals surface area contributed by atoms with Crippen LogP contribution in [-0.2, 0) is 0 Å². The van der Waals surface area contributed by atoms with Gasteiger partial charge in [-0.05, 0) is 86.3 Å². The fourth-order valence-corrected chi connectivity index (χ4v) is 7.46. The SMILES string of the molecule is c1ccc(-c2nc3ccccc3c3c2ccc2oc4ccc(-c5cccc(-c6cc7ccccc7c7ccccc67)c5)cc4c23)cc1. The quantitative estimate of drug-likeness (QED) is 0.189. The Bertz CT molecular complexity index is 2840. The Morgan fingerprint density at radius 2 is 1.04 bits per heavy atom. The molecule has 0 radical (unpaired) electrons. The molecule has 47 heavy (non-hydrogen) atoms. The maximum Gasteiger partial charge on any atom is 0.136 e. The van der Waals surface area contributed by atoms with Crippen LogP contribution in [0.25, 0.3) is 98.7 Å². The molecule has 8 aromatic carbocycles. The maximum atomic E-state index is 6.51. The molecular weight excluding hydrogens is 571 g/mol. The van der Waals surface area contributed by atoms with Crippen LogP contribution in [0.1, 0.15) is 0 Å². The van der Waals surface area contributed by atoms with Gasteiger partial charge in [-0.1, -0.05) is 121 Å². The number of hydrogen-bond donors (Lipinski definition) is 0. The number of fused-ring (bicyclic) bond motifs is 10. The van der Waals surface area contributed by atoms with Gasteiger partial charge in [0.25, 0.3) is 0 Å². The summed E-state index contributed by atoms with van der Waals surface area (Å²) in [5, 5.41) is 10.8. The lowest BCUT2D eigenvalue weighted by atomic mass is 9.91. The molecule has 0 atom stereocenters. The van der Waals surface area contributed by atoms with E-state index in [0.29, 0.717) is 0 Å². The molecule has 2 heteroatoms. The summed E-state index contributed by atoms with van der Waals surface area (Å²) < 4.78 is 6.51. The van der Waals surface area contributed by atoms with Gasteiger partial charge in [0.15, 0.2) is 0 Å². The molecule has 0 amide bonds. The van der Waals surface area contributed by atoms with Crippen molar-refractivity contribution in [1.29, 1.82) is 0 Å². The highest BCUT2D eigenvalue weighted by Crippen LogP contribution is 2.43. The van der Waals surface area contributed by atoms with E-state index in [9.17, 15) is 0 Å². The molecule has 2 aromatic heterocycles. The molecule has 0 aliphatic rings. The van der Waals surface area contributed by atoms with Crippen LogP contribution in [-0.4, -0.2) is 4.98 Å². The molecule has 0 unspecified atom stereocenters. The highest BCUT2D eigenvalue weighted by molar-refractivity contribution is 6.28. The topological polar surface area (TPSA) is 26.0 Å². The number of furan rings is 1. The molecule has 0 N–H and O–H groups in total. The van der Waals surface area contributed by atoms with Crippen molar-refractivity contribution in [2.24, 2.45) is 0 Å². The highest BCUT2D eigenvalue weighted by Gasteiger charge is 2.18. The van der Waals surface area contributed by atoms with Crippen LogP contribution in [0.4, 0.5) is 0 Å². The second-order valence-corrected chi connectivity index (χ2v) is 12.3. The minimum atomic E-state index is 0.884. The van der Waals surface area contributed by atoms with E-state index in [0.717, 1.165) is 55.0 Å². The van der Waals surface area contributed by atoms with Gasteiger partial charge < -0.3 is 4.42 Å². The summed E-state index contributed by atoms with van der Waals surface area (Å²) in [5.74, 6) is 0.